The molecule has 0 aromatic heterocycles. The first-order valence-electron chi connectivity index (χ1n) is 5.32. The van der Waals surface area contributed by atoms with E-state index < -0.39 is 0 Å². The minimum Gasteiger partial charge on any atom is -0.490 e. The highest BCUT2D eigenvalue weighted by atomic mass is 79.9. The summed E-state index contributed by atoms with van der Waals surface area (Å²) in [4.78, 5) is 0. The first-order valence-corrected chi connectivity index (χ1v) is 6.11. The van der Waals surface area contributed by atoms with Gasteiger partial charge in [0.1, 0.15) is 5.75 Å². The number of hydrogen-bond acceptors (Lipinski definition) is 2. The Balaban J connectivity index is 2.75. The molecule has 0 amide bonds. The van der Waals surface area contributed by atoms with E-state index in [9.17, 15) is 0 Å². The van der Waals surface area contributed by atoms with Crippen molar-refractivity contribution in [2.45, 2.75) is 39.3 Å². The van der Waals surface area contributed by atoms with Gasteiger partial charge in [0.15, 0.2) is 0 Å². The number of benzene rings is 1. The van der Waals surface area contributed by atoms with E-state index in [1.54, 1.807) is 0 Å². The van der Waals surface area contributed by atoms with Crippen LogP contribution in [0.15, 0.2) is 22.7 Å². The molecule has 0 spiro atoms. The summed E-state index contributed by atoms with van der Waals surface area (Å²) < 4.78 is 6.87. The number of ether oxygens (including phenoxy) is 1. The van der Waals surface area contributed by atoms with Crippen molar-refractivity contribution < 1.29 is 4.74 Å². The molecule has 2 nitrogen and oxygen atoms in total. The third-order valence-corrected chi connectivity index (χ3v) is 2.76. The fourth-order valence-electron chi connectivity index (χ4n) is 1.50. The predicted octanol–water partition coefficient (Wildman–Crippen LogP) is 3.48. The summed E-state index contributed by atoms with van der Waals surface area (Å²) in [6.07, 6.45) is 2.46. The van der Waals surface area contributed by atoms with Gasteiger partial charge < -0.3 is 10.5 Å². The van der Waals surface area contributed by atoms with Gasteiger partial charge in [-0.25, -0.2) is 0 Å². The van der Waals surface area contributed by atoms with E-state index in [-0.39, 0.29) is 6.10 Å². The Morgan fingerprint density at radius 3 is 2.80 bits per heavy atom. The third kappa shape index (κ3) is 3.84. The van der Waals surface area contributed by atoms with Crippen LogP contribution in [0.25, 0.3) is 0 Å². The molecule has 1 unspecified atom stereocenters. The molecule has 0 aliphatic rings. The van der Waals surface area contributed by atoms with Crippen LogP contribution in [0.5, 0.6) is 5.75 Å². The van der Waals surface area contributed by atoms with Crippen molar-refractivity contribution in [3.05, 3.63) is 28.2 Å². The number of nitrogens with two attached hydrogens (primary N) is 1. The van der Waals surface area contributed by atoms with Crippen LogP contribution < -0.4 is 10.5 Å². The molecule has 1 rings (SSSR count). The van der Waals surface area contributed by atoms with Crippen LogP contribution in [-0.4, -0.2) is 6.10 Å². The lowest BCUT2D eigenvalue weighted by atomic mass is 10.2. The summed E-state index contributed by atoms with van der Waals surface area (Å²) in [5.41, 5.74) is 6.72. The highest BCUT2D eigenvalue weighted by molar-refractivity contribution is 9.10. The van der Waals surface area contributed by atoms with Crippen LogP contribution in [0, 0.1) is 0 Å². The minimum atomic E-state index is 0.251. The Morgan fingerprint density at radius 1 is 1.47 bits per heavy atom. The van der Waals surface area contributed by atoms with Crippen LogP contribution >= 0.6 is 15.9 Å². The quantitative estimate of drug-likeness (QED) is 0.890. The number of halogens is 1. The molecule has 0 saturated carbocycles. The van der Waals surface area contributed by atoms with E-state index in [0.717, 1.165) is 28.6 Å². The van der Waals surface area contributed by atoms with Crippen molar-refractivity contribution in [3.8, 4) is 5.75 Å². The summed E-state index contributed by atoms with van der Waals surface area (Å²) in [5.74, 6) is 0.904. The van der Waals surface area contributed by atoms with Crippen molar-refractivity contribution in [2.24, 2.45) is 5.73 Å². The van der Waals surface area contributed by atoms with E-state index in [1.165, 1.54) is 0 Å². The van der Waals surface area contributed by atoms with E-state index >= 15 is 0 Å². The second kappa shape index (κ2) is 6.13. The maximum atomic E-state index is 5.83. The second-order valence-corrected chi connectivity index (χ2v) is 4.59. The number of hydrogen-bond donors (Lipinski definition) is 1. The van der Waals surface area contributed by atoms with Gasteiger partial charge in [0.25, 0.3) is 0 Å². The lowest BCUT2D eigenvalue weighted by molar-refractivity contribution is 0.208. The van der Waals surface area contributed by atoms with E-state index in [0.29, 0.717) is 6.54 Å². The Morgan fingerprint density at radius 2 is 2.20 bits per heavy atom. The standard InChI is InChI=1S/C12H18BrNO/c1-3-4-9(2)15-12-6-5-11(13)7-10(12)8-14/h5-7,9H,3-4,8,14H2,1-2H3. The van der Waals surface area contributed by atoms with Crippen LogP contribution in [0.1, 0.15) is 32.3 Å². The smallest absolute Gasteiger partial charge is 0.124 e. The molecule has 1 aromatic carbocycles. The van der Waals surface area contributed by atoms with Gasteiger partial charge in [-0.05, 0) is 31.5 Å². The lowest BCUT2D eigenvalue weighted by Crippen LogP contribution is -2.13. The zero-order valence-electron chi connectivity index (χ0n) is 9.29. The summed E-state index contributed by atoms with van der Waals surface area (Å²) in [7, 11) is 0. The second-order valence-electron chi connectivity index (χ2n) is 3.67. The van der Waals surface area contributed by atoms with Gasteiger partial charge in [-0.2, -0.15) is 0 Å². The van der Waals surface area contributed by atoms with Crippen LogP contribution in [0.3, 0.4) is 0 Å². The van der Waals surface area contributed by atoms with Crippen molar-refractivity contribution in [1.29, 1.82) is 0 Å². The molecule has 2 N–H and O–H groups in total. The molecule has 0 aliphatic heterocycles. The molecular formula is C12H18BrNO. The van der Waals surface area contributed by atoms with Crippen LogP contribution in [0.2, 0.25) is 0 Å². The average molecular weight is 272 g/mol. The Labute approximate surface area is 99.9 Å². The molecule has 0 aliphatic carbocycles. The molecule has 0 radical (unpaired) electrons. The summed E-state index contributed by atoms with van der Waals surface area (Å²) in [6.45, 7) is 4.75. The Hall–Kier alpha value is -0.540. The van der Waals surface area contributed by atoms with E-state index in [2.05, 4.69) is 29.8 Å². The average Bonchev–Trinajstić information content (AvgIpc) is 2.21. The molecule has 0 heterocycles. The zero-order valence-corrected chi connectivity index (χ0v) is 10.9. The molecule has 0 bridgehead atoms. The maximum absolute atomic E-state index is 5.83. The maximum Gasteiger partial charge on any atom is 0.124 e. The van der Waals surface area contributed by atoms with Gasteiger partial charge in [0.05, 0.1) is 6.10 Å². The molecule has 0 fully saturated rings. The third-order valence-electron chi connectivity index (χ3n) is 2.27. The first-order chi connectivity index (χ1) is 7.17. The highest BCUT2D eigenvalue weighted by Crippen LogP contribution is 2.24. The summed E-state index contributed by atoms with van der Waals surface area (Å²) in [5, 5.41) is 0. The van der Waals surface area contributed by atoms with Crippen molar-refractivity contribution in [2.75, 3.05) is 0 Å². The van der Waals surface area contributed by atoms with E-state index in [4.69, 9.17) is 10.5 Å². The van der Waals surface area contributed by atoms with Gasteiger partial charge in [0, 0.05) is 16.6 Å². The van der Waals surface area contributed by atoms with Gasteiger partial charge >= 0.3 is 0 Å². The molecule has 1 aromatic rings. The summed E-state index contributed by atoms with van der Waals surface area (Å²) in [6, 6.07) is 5.96. The molecule has 3 heteroatoms. The molecule has 0 saturated heterocycles. The monoisotopic (exact) mass is 271 g/mol. The molecule has 15 heavy (non-hydrogen) atoms. The van der Waals surface area contributed by atoms with Crippen molar-refractivity contribution in [1.82, 2.24) is 0 Å². The van der Waals surface area contributed by atoms with Crippen molar-refractivity contribution in [3.63, 3.8) is 0 Å². The summed E-state index contributed by atoms with van der Waals surface area (Å²) >= 11 is 3.42. The van der Waals surface area contributed by atoms with Gasteiger partial charge in [-0.3, -0.25) is 0 Å². The van der Waals surface area contributed by atoms with Gasteiger partial charge in [-0.1, -0.05) is 29.3 Å². The van der Waals surface area contributed by atoms with Gasteiger partial charge in [0.2, 0.25) is 0 Å². The van der Waals surface area contributed by atoms with E-state index in [1.807, 2.05) is 18.2 Å². The normalized spacial score (nSPS) is 12.5. The zero-order chi connectivity index (χ0) is 11.3. The topological polar surface area (TPSA) is 35.2 Å². The molecule has 1 atom stereocenters. The van der Waals surface area contributed by atoms with Crippen molar-refractivity contribution >= 4 is 15.9 Å². The Kier molecular flexibility index (Phi) is 5.12. The predicted molar refractivity (Wildman–Crippen MR) is 67.0 cm³/mol. The lowest BCUT2D eigenvalue weighted by Gasteiger charge is -2.16. The fraction of sp³-hybridized carbons (Fsp3) is 0.500. The largest absolute Gasteiger partial charge is 0.490 e. The number of rotatable bonds is 5. The van der Waals surface area contributed by atoms with Crippen LogP contribution in [-0.2, 0) is 6.54 Å². The van der Waals surface area contributed by atoms with Gasteiger partial charge in [-0.15, -0.1) is 0 Å². The first kappa shape index (κ1) is 12.5. The molecule has 84 valence electrons. The van der Waals surface area contributed by atoms with Crippen LogP contribution in [0.4, 0.5) is 0 Å². The SMILES string of the molecule is CCCC(C)Oc1ccc(Br)cc1CN. The molecular weight excluding hydrogens is 254 g/mol. The fourth-order valence-corrected chi connectivity index (χ4v) is 1.91. The highest BCUT2D eigenvalue weighted by Gasteiger charge is 2.07. The minimum absolute atomic E-state index is 0.251. The Bertz CT molecular complexity index is 314.